The predicted molar refractivity (Wildman–Crippen MR) is 105 cm³/mol. The molecule has 0 fully saturated rings. The Bertz CT molecular complexity index is 698. The lowest BCUT2D eigenvalue weighted by Gasteiger charge is -2.13. The number of aryl methyl sites for hydroxylation is 1. The second-order valence-corrected chi connectivity index (χ2v) is 6.41. The van der Waals surface area contributed by atoms with Gasteiger partial charge in [0, 0.05) is 28.9 Å². The highest BCUT2D eigenvalue weighted by Gasteiger charge is 2.16. The van der Waals surface area contributed by atoms with E-state index >= 15 is 0 Å². The van der Waals surface area contributed by atoms with Crippen LogP contribution in [0.3, 0.4) is 0 Å². The van der Waals surface area contributed by atoms with Crippen molar-refractivity contribution in [2.45, 2.75) is 40.2 Å². The highest BCUT2D eigenvalue weighted by atomic mass is 35.5. The van der Waals surface area contributed by atoms with Crippen molar-refractivity contribution in [1.82, 2.24) is 20.4 Å². The van der Waals surface area contributed by atoms with Gasteiger partial charge in [0.25, 0.3) is 0 Å². The number of aromatic nitrogens is 2. The van der Waals surface area contributed by atoms with Crippen LogP contribution in [0.5, 0.6) is 0 Å². The van der Waals surface area contributed by atoms with Crippen molar-refractivity contribution in [3.05, 3.63) is 46.2 Å². The fourth-order valence-corrected chi connectivity index (χ4v) is 2.80. The number of amides is 1. The second kappa shape index (κ2) is 9.80. The van der Waals surface area contributed by atoms with Gasteiger partial charge in [0.1, 0.15) is 0 Å². The number of nitrogens with one attached hydrogen (secondary N) is 2. The molecule has 25 heavy (non-hydrogen) atoms. The van der Waals surface area contributed by atoms with Crippen molar-refractivity contribution in [3.63, 3.8) is 0 Å². The predicted octanol–water partition coefficient (Wildman–Crippen LogP) is 3.22. The maximum Gasteiger partial charge on any atom is 0.224 e. The third-order valence-corrected chi connectivity index (χ3v) is 4.26. The van der Waals surface area contributed by atoms with Crippen molar-refractivity contribution in [2.24, 2.45) is 0 Å². The lowest BCUT2D eigenvalue weighted by Crippen LogP contribution is -2.39. The molecule has 2 rings (SSSR count). The molecule has 0 bridgehead atoms. The van der Waals surface area contributed by atoms with Crippen LogP contribution >= 0.6 is 24.0 Å². The van der Waals surface area contributed by atoms with Gasteiger partial charge >= 0.3 is 0 Å². The topological polar surface area (TPSA) is 58.9 Å². The fraction of sp³-hybridized carbons (Fsp3) is 0.444. The van der Waals surface area contributed by atoms with Crippen LogP contribution in [-0.4, -0.2) is 34.8 Å². The Kier molecular flexibility index (Phi) is 8.42. The first-order valence-corrected chi connectivity index (χ1v) is 8.61. The van der Waals surface area contributed by atoms with E-state index in [0.717, 1.165) is 29.2 Å². The molecule has 2 N–H and O–H groups in total. The number of carbonyl (C=O) groups excluding carboxylic acids is 1. The summed E-state index contributed by atoms with van der Waals surface area (Å²) in [5.74, 6) is 0.0154. The quantitative estimate of drug-likeness (QED) is 0.770. The molecule has 0 aliphatic rings. The average molecular weight is 385 g/mol. The molecule has 0 aliphatic heterocycles. The smallest absolute Gasteiger partial charge is 0.224 e. The van der Waals surface area contributed by atoms with Crippen LogP contribution in [0.1, 0.15) is 30.8 Å². The van der Waals surface area contributed by atoms with Crippen LogP contribution in [0.4, 0.5) is 0 Å². The molecule has 0 unspecified atom stereocenters. The van der Waals surface area contributed by atoms with Gasteiger partial charge in [-0.2, -0.15) is 5.10 Å². The normalized spacial score (nSPS) is 11.7. The van der Waals surface area contributed by atoms with Gasteiger partial charge in [-0.25, -0.2) is 4.68 Å². The average Bonchev–Trinajstić information content (AvgIpc) is 2.82. The summed E-state index contributed by atoms with van der Waals surface area (Å²) >= 11 is 5.94. The first kappa shape index (κ1) is 21.5. The molecule has 0 saturated carbocycles. The van der Waals surface area contributed by atoms with Crippen molar-refractivity contribution in [2.75, 3.05) is 13.1 Å². The number of hydrogen-bond donors (Lipinski definition) is 2. The van der Waals surface area contributed by atoms with Crippen LogP contribution in [0, 0.1) is 13.8 Å². The molecule has 7 heteroatoms. The Labute approximate surface area is 160 Å². The number of likely N-dealkylation sites (N-methyl/N-ethyl adjacent to an activating group) is 1. The highest BCUT2D eigenvalue weighted by Crippen LogP contribution is 2.20. The second-order valence-electron chi connectivity index (χ2n) is 5.98. The maximum atomic E-state index is 12.2. The van der Waals surface area contributed by atoms with Gasteiger partial charge < -0.3 is 10.6 Å². The van der Waals surface area contributed by atoms with Crippen LogP contribution in [0.2, 0.25) is 5.02 Å². The first-order chi connectivity index (χ1) is 11.4. The number of hydrogen-bond acceptors (Lipinski definition) is 3. The molecule has 1 atom stereocenters. The molecule has 1 aromatic carbocycles. The summed E-state index contributed by atoms with van der Waals surface area (Å²) in [4.78, 5) is 12.2. The van der Waals surface area contributed by atoms with E-state index in [1.165, 1.54) is 0 Å². The Morgan fingerprint density at radius 1 is 1.28 bits per heavy atom. The van der Waals surface area contributed by atoms with E-state index in [2.05, 4.69) is 29.6 Å². The molecule has 0 radical (unpaired) electrons. The summed E-state index contributed by atoms with van der Waals surface area (Å²) in [5, 5.41) is 11.5. The van der Waals surface area contributed by atoms with Crippen molar-refractivity contribution < 1.29 is 4.79 Å². The van der Waals surface area contributed by atoms with Crippen molar-refractivity contribution >= 4 is 29.9 Å². The van der Waals surface area contributed by atoms with Crippen molar-refractivity contribution in [1.29, 1.82) is 0 Å². The molecular formula is C18H26Cl2N4O. The van der Waals surface area contributed by atoms with E-state index < -0.39 is 0 Å². The molecule has 0 spiro atoms. The molecule has 0 saturated heterocycles. The maximum absolute atomic E-state index is 12.2. The lowest BCUT2D eigenvalue weighted by atomic mass is 10.1. The van der Waals surface area contributed by atoms with Gasteiger partial charge in [-0.3, -0.25) is 4.79 Å². The Morgan fingerprint density at radius 3 is 2.52 bits per heavy atom. The van der Waals surface area contributed by atoms with E-state index in [0.29, 0.717) is 18.0 Å². The van der Waals surface area contributed by atoms with Crippen molar-refractivity contribution in [3.8, 4) is 5.69 Å². The standard InChI is InChI=1S/C18H25ClN4O.ClH/c1-5-20-12(2)11-21-18(24)10-17-13(3)22-23(14(17)4)16-8-6-15(19)7-9-16;/h6-9,12,20H,5,10-11H2,1-4H3,(H,21,24);1H/t12-;/m1./s1. The van der Waals surface area contributed by atoms with E-state index in [4.69, 9.17) is 11.6 Å². The highest BCUT2D eigenvalue weighted by molar-refractivity contribution is 6.30. The van der Waals surface area contributed by atoms with Gasteiger partial charge in [0.2, 0.25) is 5.91 Å². The van der Waals surface area contributed by atoms with Crippen LogP contribution in [0.25, 0.3) is 5.69 Å². The number of carbonyl (C=O) groups is 1. The molecule has 1 amide bonds. The zero-order chi connectivity index (χ0) is 17.7. The fourth-order valence-electron chi connectivity index (χ4n) is 2.68. The zero-order valence-corrected chi connectivity index (χ0v) is 16.7. The Hall–Kier alpha value is -1.56. The number of nitrogens with zero attached hydrogens (tertiary/aromatic N) is 2. The minimum atomic E-state index is 0. The molecule has 1 heterocycles. The molecule has 5 nitrogen and oxygen atoms in total. The third kappa shape index (κ3) is 5.73. The summed E-state index contributed by atoms with van der Waals surface area (Å²) in [7, 11) is 0. The van der Waals surface area contributed by atoms with Gasteiger partial charge in [0.15, 0.2) is 0 Å². The zero-order valence-electron chi connectivity index (χ0n) is 15.1. The summed E-state index contributed by atoms with van der Waals surface area (Å²) in [5.41, 5.74) is 3.76. The molecule has 1 aromatic heterocycles. The van der Waals surface area contributed by atoms with E-state index in [1.54, 1.807) is 0 Å². The minimum absolute atomic E-state index is 0. The van der Waals surface area contributed by atoms with Crippen LogP contribution in [-0.2, 0) is 11.2 Å². The van der Waals surface area contributed by atoms with Gasteiger partial charge in [-0.15, -0.1) is 12.4 Å². The molecule has 2 aromatic rings. The van der Waals surface area contributed by atoms with E-state index in [9.17, 15) is 4.79 Å². The summed E-state index contributed by atoms with van der Waals surface area (Å²) in [6.07, 6.45) is 0.337. The van der Waals surface area contributed by atoms with E-state index in [-0.39, 0.29) is 24.4 Å². The monoisotopic (exact) mass is 384 g/mol. The van der Waals surface area contributed by atoms with Gasteiger partial charge in [-0.1, -0.05) is 18.5 Å². The number of halogens is 2. The minimum Gasteiger partial charge on any atom is -0.354 e. The lowest BCUT2D eigenvalue weighted by molar-refractivity contribution is -0.120. The van der Waals surface area contributed by atoms with Gasteiger partial charge in [0.05, 0.1) is 17.8 Å². The van der Waals surface area contributed by atoms with Crippen LogP contribution in [0.15, 0.2) is 24.3 Å². The first-order valence-electron chi connectivity index (χ1n) is 8.23. The Balaban J connectivity index is 0.00000312. The summed E-state index contributed by atoms with van der Waals surface area (Å²) in [6, 6.07) is 7.77. The number of rotatable bonds is 7. The Morgan fingerprint density at radius 2 is 1.92 bits per heavy atom. The third-order valence-electron chi connectivity index (χ3n) is 4.01. The molecule has 138 valence electrons. The number of benzene rings is 1. The van der Waals surface area contributed by atoms with Crippen LogP contribution < -0.4 is 10.6 Å². The molecule has 0 aliphatic carbocycles. The summed E-state index contributed by atoms with van der Waals surface area (Å²) < 4.78 is 1.86. The molecular weight excluding hydrogens is 359 g/mol. The summed E-state index contributed by atoms with van der Waals surface area (Å²) in [6.45, 7) is 9.54. The van der Waals surface area contributed by atoms with E-state index in [1.807, 2.05) is 42.8 Å². The van der Waals surface area contributed by atoms with Gasteiger partial charge in [-0.05, 0) is 51.6 Å². The largest absolute Gasteiger partial charge is 0.354 e. The SMILES string of the molecule is CCN[C@H](C)CNC(=O)Cc1c(C)nn(-c2ccc(Cl)cc2)c1C.Cl.